The normalized spacial score (nSPS) is 16.1. The summed E-state index contributed by atoms with van der Waals surface area (Å²) in [5.41, 5.74) is 2.49. The van der Waals surface area contributed by atoms with Gasteiger partial charge in [-0.2, -0.15) is 0 Å². The van der Waals surface area contributed by atoms with Crippen molar-refractivity contribution < 1.29 is 9.53 Å². The van der Waals surface area contributed by atoms with Gasteiger partial charge >= 0.3 is 0 Å². The van der Waals surface area contributed by atoms with Crippen LogP contribution in [0.4, 0.5) is 11.4 Å². The van der Waals surface area contributed by atoms with Crippen LogP contribution in [0.5, 0.6) is 11.5 Å². The summed E-state index contributed by atoms with van der Waals surface area (Å²) < 4.78 is 6.15. The Bertz CT molecular complexity index is 900. The van der Waals surface area contributed by atoms with Crippen LogP contribution in [-0.2, 0) is 4.79 Å². The molecule has 0 radical (unpaired) electrons. The molecule has 0 spiro atoms. The van der Waals surface area contributed by atoms with E-state index in [9.17, 15) is 4.79 Å². The number of fused-ring (bicyclic) bond motifs is 2. The summed E-state index contributed by atoms with van der Waals surface area (Å²) in [4.78, 5) is 19.6. The molecule has 1 N–H and O–H groups in total. The molecule has 28 heavy (non-hydrogen) atoms. The molecule has 0 atom stereocenters. The van der Waals surface area contributed by atoms with E-state index in [1.807, 2.05) is 49.5 Å². The Kier molecular flexibility index (Phi) is 5.33. The van der Waals surface area contributed by atoms with Gasteiger partial charge in [-0.05, 0) is 50.1 Å². The molecule has 2 aliphatic rings. The van der Waals surface area contributed by atoms with E-state index in [4.69, 9.17) is 9.73 Å². The van der Waals surface area contributed by atoms with Crippen LogP contribution in [0, 0.1) is 5.92 Å². The number of nitrogens with one attached hydrogen (secondary N) is 1. The predicted octanol–water partition coefficient (Wildman–Crippen LogP) is 5.34. The molecule has 1 amide bonds. The Morgan fingerprint density at radius 1 is 1.14 bits per heavy atom. The van der Waals surface area contributed by atoms with Crippen LogP contribution >= 0.6 is 0 Å². The van der Waals surface area contributed by atoms with Crippen LogP contribution < -0.4 is 10.1 Å². The fourth-order valence-electron chi connectivity index (χ4n) is 3.85. The Balaban J connectivity index is 1.67. The van der Waals surface area contributed by atoms with Crippen molar-refractivity contribution in [2.75, 3.05) is 18.9 Å². The van der Waals surface area contributed by atoms with E-state index in [0.29, 0.717) is 0 Å². The number of carbonyl (C=O) groups excluding carboxylic acids is 1. The zero-order chi connectivity index (χ0) is 19.5. The van der Waals surface area contributed by atoms with E-state index in [1.54, 1.807) is 0 Å². The molecule has 0 unspecified atom stereocenters. The lowest BCUT2D eigenvalue weighted by molar-refractivity contribution is -0.120. The Hall–Kier alpha value is -2.82. The van der Waals surface area contributed by atoms with Crippen LogP contribution in [0.2, 0.25) is 0 Å². The molecular formula is C23H27N3O2. The van der Waals surface area contributed by atoms with Gasteiger partial charge in [0.15, 0.2) is 5.75 Å². The second-order valence-electron chi connectivity index (χ2n) is 7.55. The number of amides is 1. The number of anilines is 1. The molecular weight excluding hydrogens is 350 g/mol. The molecule has 0 saturated heterocycles. The summed E-state index contributed by atoms with van der Waals surface area (Å²) in [5.74, 6) is 2.58. The lowest BCUT2D eigenvalue weighted by Gasteiger charge is -2.22. The number of benzene rings is 2. The van der Waals surface area contributed by atoms with Crippen molar-refractivity contribution in [3.05, 3.63) is 48.0 Å². The first kappa shape index (κ1) is 18.5. The van der Waals surface area contributed by atoms with Crippen molar-refractivity contribution in [3.63, 3.8) is 0 Å². The number of aliphatic imine (C=N–C) groups is 1. The van der Waals surface area contributed by atoms with Crippen molar-refractivity contribution in [1.29, 1.82) is 0 Å². The standard InChI is InChI=1S/C23H27N3O2/c1-3-26(2)22-18-15-17(24-23(27)16-9-5-4-6-10-16)13-14-20(18)28-21-12-8-7-11-19(21)25-22/h7-8,11-16H,3-6,9-10H2,1-2H3,(H,24,27). The van der Waals surface area contributed by atoms with Gasteiger partial charge in [0.05, 0.1) is 5.56 Å². The molecule has 1 heterocycles. The average Bonchev–Trinajstić information content (AvgIpc) is 2.90. The third-order valence-corrected chi connectivity index (χ3v) is 5.61. The van der Waals surface area contributed by atoms with Crippen molar-refractivity contribution in [2.24, 2.45) is 10.9 Å². The van der Waals surface area contributed by atoms with Crippen LogP contribution in [0.1, 0.15) is 44.6 Å². The molecule has 5 nitrogen and oxygen atoms in total. The van der Waals surface area contributed by atoms with E-state index in [0.717, 1.165) is 66.5 Å². The molecule has 146 valence electrons. The third-order valence-electron chi connectivity index (χ3n) is 5.61. The minimum absolute atomic E-state index is 0.125. The highest BCUT2D eigenvalue weighted by molar-refractivity contribution is 6.05. The molecule has 1 fully saturated rings. The van der Waals surface area contributed by atoms with Gasteiger partial charge in [0.1, 0.15) is 17.3 Å². The number of hydrogen-bond acceptors (Lipinski definition) is 4. The molecule has 5 heteroatoms. The maximum absolute atomic E-state index is 12.7. The Morgan fingerprint density at radius 2 is 1.93 bits per heavy atom. The number of ether oxygens (including phenoxy) is 1. The molecule has 0 bridgehead atoms. The molecule has 4 rings (SSSR count). The monoisotopic (exact) mass is 377 g/mol. The fourth-order valence-corrected chi connectivity index (χ4v) is 3.85. The van der Waals surface area contributed by atoms with Gasteiger partial charge in [0.25, 0.3) is 0 Å². The number of amidine groups is 1. The van der Waals surface area contributed by atoms with Gasteiger partial charge in [0, 0.05) is 25.2 Å². The van der Waals surface area contributed by atoms with E-state index in [2.05, 4.69) is 17.1 Å². The van der Waals surface area contributed by atoms with E-state index in [1.165, 1.54) is 6.42 Å². The number of carbonyl (C=O) groups is 1. The van der Waals surface area contributed by atoms with Crippen LogP contribution in [0.15, 0.2) is 47.5 Å². The Labute approximate surface area is 166 Å². The molecule has 0 aromatic heterocycles. The smallest absolute Gasteiger partial charge is 0.227 e. The molecule has 2 aromatic carbocycles. The zero-order valence-corrected chi connectivity index (χ0v) is 16.6. The summed E-state index contributed by atoms with van der Waals surface area (Å²) >= 11 is 0. The molecule has 2 aromatic rings. The average molecular weight is 377 g/mol. The van der Waals surface area contributed by atoms with Gasteiger partial charge in [-0.1, -0.05) is 31.4 Å². The highest BCUT2D eigenvalue weighted by Gasteiger charge is 2.24. The van der Waals surface area contributed by atoms with Gasteiger partial charge in [-0.15, -0.1) is 0 Å². The quantitative estimate of drug-likeness (QED) is 0.785. The first-order chi connectivity index (χ1) is 13.7. The van der Waals surface area contributed by atoms with Gasteiger partial charge in [-0.3, -0.25) is 4.79 Å². The lowest BCUT2D eigenvalue weighted by atomic mass is 9.88. The number of hydrogen-bond donors (Lipinski definition) is 1. The van der Waals surface area contributed by atoms with Gasteiger partial charge < -0.3 is 15.0 Å². The van der Waals surface area contributed by atoms with E-state index < -0.39 is 0 Å². The minimum Gasteiger partial charge on any atom is -0.454 e. The highest BCUT2D eigenvalue weighted by atomic mass is 16.5. The summed E-state index contributed by atoms with van der Waals surface area (Å²) in [6.45, 7) is 2.91. The maximum Gasteiger partial charge on any atom is 0.227 e. The van der Waals surface area contributed by atoms with Crippen molar-refractivity contribution in [3.8, 4) is 11.5 Å². The largest absolute Gasteiger partial charge is 0.454 e. The van der Waals surface area contributed by atoms with E-state index in [-0.39, 0.29) is 11.8 Å². The Morgan fingerprint density at radius 3 is 2.71 bits per heavy atom. The summed E-state index contributed by atoms with van der Waals surface area (Å²) in [7, 11) is 2.02. The number of para-hydroxylation sites is 2. The first-order valence-corrected chi connectivity index (χ1v) is 10.2. The SMILES string of the molecule is CCN(C)C1=Nc2ccccc2Oc2ccc(NC(=O)C3CCCCC3)cc21. The second-order valence-corrected chi connectivity index (χ2v) is 7.55. The second kappa shape index (κ2) is 8.05. The number of rotatable bonds is 3. The van der Waals surface area contributed by atoms with Crippen LogP contribution in [0.3, 0.4) is 0 Å². The predicted molar refractivity (Wildman–Crippen MR) is 113 cm³/mol. The van der Waals surface area contributed by atoms with Crippen LogP contribution in [0.25, 0.3) is 0 Å². The van der Waals surface area contributed by atoms with Gasteiger partial charge in [-0.25, -0.2) is 4.99 Å². The first-order valence-electron chi connectivity index (χ1n) is 10.2. The summed E-state index contributed by atoms with van der Waals surface area (Å²) in [5, 5.41) is 3.11. The number of nitrogens with zero attached hydrogens (tertiary/aromatic N) is 2. The molecule has 1 saturated carbocycles. The highest BCUT2D eigenvalue weighted by Crippen LogP contribution is 2.38. The topological polar surface area (TPSA) is 53.9 Å². The van der Waals surface area contributed by atoms with Crippen molar-refractivity contribution in [1.82, 2.24) is 4.90 Å². The lowest BCUT2D eigenvalue weighted by Crippen LogP contribution is -2.28. The van der Waals surface area contributed by atoms with E-state index >= 15 is 0 Å². The summed E-state index contributed by atoms with van der Waals surface area (Å²) in [6.07, 6.45) is 5.50. The third kappa shape index (κ3) is 3.75. The summed E-state index contributed by atoms with van der Waals surface area (Å²) in [6, 6.07) is 13.6. The fraction of sp³-hybridized carbons (Fsp3) is 0.391. The van der Waals surface area contributed by atoms with Crippen molar-refractivity contribution >= 4 is 23.1 Å². The van der Waals surface area contributed by atoms with Crippen molar-refractivity contribution in [2.45, 2.75) is 39.0 Å². The zero-order valence-electron chi connectivity index (χ0n) is 16.6. The molecule has 1 aliphatic heterocycles. The minimum atomic E-state index is 0.125. The maximum atomic E-state index is 12.7. The molecule has 1 aliphatic carbocycles. The van der Waals surface area contributed by atoms with Gasteiger partial charge in [0.2, 0.25) is 5.91 Å². The van der Waals surface area contributed by atoms with Crippen LogP contribution in [-0.4, -0.2) is 30.2 Å².